The van der Waals surface area contributed by atoms with Crippen LogP contribution in [0.15, 0.2) is 12.1 Å². The van der Waals surface area contributed by atoms with Gasteiger partial charge in [0, 0.05) is 43.2 Å². The third-order valence-electron chi connectivity index (χ3n) is 5.52. The number of nitrogens with one attached hydrogen (secondary N) is 1. The first-order valence-corrected chi connectivity index (χ1v) is 9.37. The minimum atomic E-state index is -0.471. The summed E-state index contributed by atoms with van der Waals surface area (Å²) in [5.41, 5.74) is 0.995. The van der Waals surface area contributed by atoms with E-state index in [1.807, 2.05) is 6.07 Å². The van der Waals surface area contributed by atoms with Gasteiger partial charge >= 0.3 is 0 Å². The Balaban J connectivity index is 1.70. The van der Waals surface area contributed by atoms with Crippen LogP contribution in [0.1, 0.15) is 25.3 Å². The highest BCUT2D eigenvalue weighted by atomic mass is 35.5. The average molecular weight is 383 g/mol. The molecule has 1 heterocycles. The largest absolute Gasteiger partial charge is 0.493 e. The Kier molecular flexibility index (Phi) is 5.95. The van der Waals surface area contributed by atoms with Crippen LogP contribution in [-0.2, 0) is 11.3 Å². The van der Waals surface area contributed by atoms with Crippen LogP contribution in [0.5, 0.6) is 11.5 Å². The van der Waals surface area contributed by atoms with Gasteiger partial charge in [0.05, 0.1) is 26.4 Å². The van der Waals surface area contributed by atoms with Crippen molar-refractivity contribution in [2.24, 2.45) is 11.8 Å². The fourth-order valence-corrected chi connectivity index (χ4v) is 4.67. The highest BCUT2D eigenvalue weighted by Crippen LogP contribution is 2.39. The number of methoxy groups -OCH3 is 2. The summed E-state index contributed by atoms with van der Waals surface area (Å²) in [5, 5.41) is 13.8. The summed E-state index contributed by atoms with van der Waals surface area (Å²) in [4.78, 5) is 13.7. The maximum absolute atomic E-state index is 11.3. The number of halogens is 1. The first-order valence-electron chi connectivity index (χ1n) is 8.99. The lowest BCUT2D eigenvalue weighted by Crippen LogP contribution is -2.48. The Hall–Kier alpha value is -1.50. The van der Waals surface area contributed by atoms with Crippen LogP contribution in [0.4, 0.5) is 0 Å². The molecule has 144 valence electrons. The summed E-state index contributed by atoms with van der Waals surface area (Å²) in [6.45, 7) is 4.07. The number of fused-ring (bicyclic) bond motifs is 1. The van der Waals surface area contributed by atoms with Crippen molar-refractivity contribution < 1.29 is 19.4 Å². The van der Waals surface area contributed by atoms with Crippen molar-refractivity contribution in [3.8, 4) is 11.5 Å². The monoisotopic (exact) mass is 382 g/mol. The van der Waals surface area contributed by atoms with E-state index in [1.54, 1.807) is 20.3 Å². The quantitative estimate of drug-likeness (QED) is 0.815. The predicted octanol–water partition coefficient (Wildman–Crippen LogP) is 2.06. The van der Waals surface area contributed by atoms with Gasteiger partial charge in [-0.15, -0.1) is 0 Å². The third kappa shape index (κ3) is 4.08. The molecule has 26 heavy (non-hydrogen) atoms. The zero-order chi connectivity index (χ0) is 18.8. The van der Waals surface area contributed by atoms with Gasteiger partial charge in [0.25, 0.3) is 0 Å². The van der Waals surface area contributed by atoms with Crippen LogP contribution in [0.25, 0.3) is 0 Å². The van der Waals surface area contributed by atoms with Gasteiger partial charge in [-0.3, -0.25) is 9.69 Å². The van der Waals surface area contributed by atoms with E-state index in [4.69, 9.17) is 21.1 Å². The van der Waals surface area contributed by atoms with Crippen LogP contribution >= 0.6 is 11.6 Å². The minimum absolute atomic E-state index is 0.0851. The van der Waals surface area contributed by atoms with Gasteiger partial charge in [0.15, 0.2) is 11.5 Å². The number of rotatable bonds is 5. The number of hydrogen-bond acceptors (Lipinski definition) is 5. The number of amides is 1. The van der Waals surface area contributed by atoms with Crippen LogP contribution in [0, 0.1) is 11.8 Å². The molecule has 7 heteroatoms. The Bertz CT molecular complexity index is 669. The maximum Gasteiger partial charge on any atom is 0.217 e. The lowest BCUT2D eigenvalue weighted by atomic mass is 9.77. The van der Waals surface area contributed by atoms with Crippen LogP contribution in [0.2, 0.25) is 5.02 Å². The highest BCUT2D eigenvalue weighted by molar-refractivity contribution is 6.30. The summed E-state index contributed by atoms with van der Waals surface area (Å²) in [7, 11) is 3.24. The van der Waals surface area contributed by atoms with Crippen molar-refractivity contribution in [3.63, 3.8) is 0 Å². The van der Waals surface area contributed by atoms with Gasteiger partial charge in [-0.25, -0.2) is 0 Å². The second kappa shape index (κ2) is 8.03. The number of aliphatic hydroxyl groups is 1. The van der Waals surface area contributed by atoms with Gasteiger partial charge in [0.2, 0.25) is 5.91 Å². The lowest BCUT2D eigenvalue weighted by Gasteiger charge is -2.35. The summed E-state index contributed by atoms with van der Waals surface area (Å²) in [5.74, 6) is 2.18. The van der Waals surface area contributed by atoms with Crippen LogP contribution in [-0.4, -0.2) is 55.4 Å². The molecular weight excluding hydrogens is 356 g/mol. The van der Waals surface area contributed by atoms with E-state index in [9.17, 15) is 9.90 Å². The first-order chi connectivity index (χ1) is 12.4. The second-order valence-corrected chi connectivity index (χ2v) is 7.80. The Morgan fingerprint density at radius 3 is 2.58 bits per heavy atom. The number of aliphatic hydroxyl groups excluding tert-OH is 1. The summed E-state index contributed by atoms with van der Waals surface area (Å²) >= 11 is 6.22. The van der Waals surface area contributed by atoms with E-state index in [-0.39, 0.29) is 11.9 Å². The summed E-state index contributed by atoms with van der Waals surface area (Å²) < 4.78 is 10.9. The normalized spacial score (nSPS) is 28.5. The molecule has 2 N–H and O–H groups in total. The number of hydrogen-bond donors (Lipinski definition) is 2. The molecule has 6 nitrogen and oxygen atoms in total. The molecule has 0 unspecified atom stereocenters. The van der Waals surface area contributed by atoms with Crippen LogP contribution < -0.4 is 14.8 Å². The number of likely N-dealkylation sites (tertiary alicyclic amines) is 1. The molecule has 0 radical (unpaired) electrons. The molecule has 2 aliphatic rings. The molecule has 1 aliphatic heterocycles. The van der Waals surface area contributed by atoms with Gasteiger partial charge < -0.3 is 19.9 Å². The van der Waals surface area contributed by atoms with Crippen molar-refractivity contribution >= 4 is 17.5 Å². The number of nitrogens with zero attached hydrogens (tertiary/aromatic N) is 1. The standard InChI is InChI=1S/C19H27ClN2O4/c1-11(23)21-16-5-12-8-22(9-13(12)6-17(16)24)10-14-4-15(20)7-18(25-2)19(14)26-3/h4,7,12-13,16-17,24H,5-6,8-10H2,1-3H3,(H,21,23)/t12-,13+,16-,17-/m1/s1. The van der Waals surface area contributed by atoms with Gasteiger partial charge in [-0.2, -0.15) is 0 Å². The number of carbonyl (C=O) groups excluding carboxylic acids is 1. The topological polar surface area (TPSA) is 71.0 Å². The molecule has 1 saturated carbocycles. The zero-order valence-corrected chi connectivity index (χ0v) is 16.3. The molecule has 0 bridgehead atoms. The van der Waals surface area contributed by atoms with E-state index in [2.05, 4.69) is 10.2 Å². The van der Waals surface area contributed by atoms with Crippen molar-refractivity contribution in [2.75, 3.05) is 27.3 Å². The average Bonchev–Trinajstić information content (AvgIpc) is 2.95. The second-order valence-electron chi connectivity index (χ2n) is 7.36. The fraction of sp³-hybridized carbons (Fsp3) is 0.632. The molecule has 1 aromatic rings. The van der Waals surface area contributed by atoms with Gasteiger partial charge in [-0.05, 0) is 30.7 Å². The molecule has 1 aromatic carbocycles. The van der Waals surface area contributed by atoms with E-state index >= 15 is 0 Å². The molecule has 1 amide bonds. The third-order valence-corrected chi connectivity index (χ3v) is 5.74. The molecule has 1 aliphatic carbocycles. The first kappa shape index (κ1) is 19.3. The maximum atomic E-state index is 11.3. The molecule has 4 atom stereocenters. The molecule has 1 saturated heterocycles. The van der Waals surface area contributed by atoms with E-state index < -0.39 is 6.10 Å². The number of benzene rings is 1. The zero-order valence-electron chi connectivity index (χ0n) is 15.5. The van der Waals surface area contributed by atoms with Gasteiger partial charge in [-0.1, -0.05) is 11.6 Å². The lowest BCUT2D eigenvalue weighted by molar-refractivity contribution is -0.121. The highest BCUT2D eigenvalue weighted by Gasteiger charge is 2.42. The Morgan fingerprint density at radius 2 is 1.96 bits per heavy atom. The van der Waals surface area contributed by atoms with E-state index in [0.717, 1.165) is 31.5 Å². The van der Waals surface area contributed by atoms with Crippen molar-refractivity contribution in [2.45, 2.75) is 38.5 Å². The molecule has 0 aromatic heterocycles. The Labute approximate surface area is 159 Å². The fourth-order valence-electron chi connectivity index (χ4n) is 4.44. The minimum Gasteiger partial charge on any atom is -0.493 e. The summed E-state index contributed by atoms with van der Waals surface area (Å²) in [6, 6.07) is 3.52. The summed E-state index contributed by atoms with van der Waals surface area (Å²) in [6.07, 6.45) is 1.07. The van der Waals surface area contributed by atoms with E-state index in [1.165, 1.54) is 6.92 Å². The molecule has 3 rings (SSSR count). The van der Waals surface area contributed by atoms with Crippen molar-refractivity contribution in [1.82, 2.24) is 10.2 Å². The van der Waals surface area contributed by atoms with E-state index in [0.29, 0.717) is 34.9 Å². The SMILES string of the molecule is COc1cc(Cl)cc(CN2C[C@H]3C[C@@H](NC(C)=O)[C@H](O)C[C@H]3C2)c1OC. The van der Waals surface area contributed by atoms with Gasteiger partial charge in [0.1, 0.15) is 0 Å². The molecule has 2 fully saturated rings. The Morgan fingerprint density at radius 1 is 1.27 bits per heavy atom. The number of carbonyl (C=O) groups is 1. The van der Waals surface area contributed by atoms with Crippen molar-refractivity contribution in [1.29, 1.82) is 0 Å². The number of ether oxygens (including phenoxy) is 2. The smallest absolute Gasteiger partial charge is 0.217 e. The van der Waals surface area contributed by atoms with Crippen LogP contribution in [0.3, 0.4) is 0 Å². The predicted molar refractivity (Wildman–Crippen MR) is 99.7 cm³/mol. The van der Waals surface area contributed by atoms with Crippen molar-refractivity contribution in [3.05, 3.63) is 22.7 Å². The molecular formula is C19H27ClN2O4. The molecule has 0 spiro atoms.